The number of carbonyl (C=O) groups excluding carboxylic acids is 1. The SMILES string of the molecule is NC(C(=O)OCc1ccc([N+](=O)[O-])cc1)c1nnc(S)s1. The average molecular weight is 326 g/mol. The first-order valence-electron chi connectivity index (χ1n) is 5.65. The fourth-order valence-electron chi connectivity index (χ4n) is 1.41. The Morgan fingerprint density at radius 3 is 2.62 bits per heavy atom. The van der Waals surface area contributed by atoms with Crippen LogP contribution in [-0.2, 0) is 16.1 Å². The van der Waals surface area contributed by atoms with Crippen LogP contribution in [0.1, 0.15) is 16.6 Å². The Labute approximate surface area is 128 Å². The van der Waals surface area contributed by atoms with Gasteiger partial charge in [-0.25, -0.2) is 4.79 Å². The summed E-state index contributed by atoms with van der Waals surface area (Å²) in [4.78, 5) is 21.8. The number of hydrogen-bond donors (Lipinski definition) is 2. The summed E-state index contributed by atoms with van der Waals surface area (Å²) in [7, 11) is 0. The Kier molecular flexibility index (Phi) is 4.83. The molecule has 110 valence electrons. The Morgan fingerprint density at radius 2 is 2.10 bits per heavy atom. The van der Waals surface area contributed by atoms with Crippen molar-refractivity contribution in [2.75, 3.05) is 0 Å². The van der Waals surface area contributed by atoms with Gasteiger partial charge >= 0.3 is 5.97 Å². The van der Waals surface area contributed by atoms with Crippen molar-refractivity contribution in [3.63, 3.8) is 0 Å². The van der Waals surface area contributed by atoms with E-state index in [1.54, 1.807) is 0 Å². The minimum atomic E-state index is -1.03. The summed E-state index contributed by atoms with van der Waals surface area (Å²) in [5, 5.41) is 18.2. The molecule has 2 rings (SSSR count). The van der Waals surface area contributed by atoms with Crippen molar-refractivity contribution in [1.29, 1.82) is 0 Å². The number of thiol groups is 1. The van der Waals surface area contributed by atoms with Crippen molar-refractivity contribution in [2.24, 2.45) is 5.73 Å². The number of nitrogens with zero attached hydrogens (tertiary/aromatic N) is 3. The average Bonchev–Trinajstić information content (AvgIpc) is 2.91. The number of nitrogens with two attached hydrogens (primary N) is 1. The number of nitro groups is 1. The minimum Gasteiger partial charge on any atom is -0.459 e. The number of carbonyl (C=O) groups is 1. The lowest BCUT2D eigenvalue weighted by Gasteiger charge is -2.08. The molecule has 0 amide bonds. The molecule has 0 saturated carbocycles. The van der Waals surface area contributed by atoms with Crippen LogP contribution in [0.3, 0.4) is 0 Å². The molecule has 1 heterocycles. The number of nitro benzene ring substituents is 1. The Hall–Kier alpha value is -2.04. The highest BCUT2D eigenvalue weighted by Gasteiger charge is 2.21. The van der Waals surface area contributed by atoms with Gasteiger partial charge < -0.3 is 10.5 Å². The van der Waals surface area contributed by atoms with Crippen LogP contribution in [0.2, 0.25) is 0 Å². The normalized spacial score (nSPS) is 11.9. The van der Waals surface area contributed by atoms with Crippen molar-refractivity contribution in [3.05, 3.63) is 45.0 Å². The highest BCUT2D eigenvalue weighted by atomic mass is 32.2. The molecule has 1 aromatic carbocycles. The summed E-state index contributed by atoms with van der Waals surface area (Å²) in [6.07, 6.45) is 0. The second-order valence-electron chi connectivity index (χ2n) is 3.93. The largest absolute Gasteiger partial charge is 0.459 e. The predicted molar refractivity (Wildman–Crippen MR) is 77.0 cm³/mol. The van der Waals surface area contributed by atoms with Crippen molar-refractivity contribution in [3.8, 4) is 0 Å². The molecule has 0 aliphatic rings. The van der Waals surface area contributed by atoms with Gasteiger partial charge in [-0.15, -0.1) is 22.8 Å². The smallest absolute Gasteiger partial charge is 0.330 e. The van der Waals surface area contributed by atoms with Gasteiger partial charge in [0.25, 0.3) is 5.69 Å². The van der Waals surface area contributed by atoms with Crippen LogP contribution in [0, 0.1) is 10.1 Å². The van der Waals surface area contributed by atoms with Gasteiger partial charge in [-0.3, -0.25) is 10.1 Å². The van der Waals surface area contributed by atoms with Gasteiger partial charge in [0.05, 0.1) is 4.92 Å². The molecule has 0 aliphatic heterocycles. The lowest BCUT2D eigenvalue weighted by atomic mass is 10.2. The fourth-order valence-corrected chi connectivity index (χ4v) is 2.31. The predicted octanol–water partition coefficient (Wildman–Crippen LogP) is 1.48. The highest BCUT2D eigenvalue weighted by Crippen LogP contribution is 2.20. The van der Waals surface area contributed by atoms with E-state index in [1.807, 2.05) is 0 Å². The summed E-state index contributed by atoms with van der Waals surface area (Å²) in [6, 6.07) is 4.66. The highest BCUT2D eigenvalue weighted by molar-refractivity contribution is 7.82. The van der Waals surface area contributed by atoms with E-state index in [1.165, 1.54) is 24.3 Å². The summed E-state index contributed by atoms with van der Waals surface area (Å²) in [6.45, 7) is -0.0307. The number of ether oxygens (including phenoxy) is 1. The van der Waals surface area contributed by atoms with Crippen molar-refractivity contribution < 1.29 is 14.5 Å². The van der Waals surface area contributed by atoms with Crippen LogP contribution in [-0.4, -0.2) is 21.1 Å². The number of aromatic nitrogens is 2. The number of rotatable bonds is 5. The molecule has 21 heavy (non-hydrogen) atoms. The van der Waals surface area contributed by atoms with Crippen molar-refractivity contribution in [1.82, 2.24) is 10.2 Å². The van der Waals surface area contributed by atoms with Crippen LogP contribution < -0.4 is 5.73 Å². The van der Waals surface area contributed by atoms with Gasteiger partial charge in [0.1, 0.15) is 11.6 Å². The van der Waals surface area contributed by atoms with E-state index in [0.717, 1.165) is 11.3 Å². The van der Waals surface area contributed by atoms with E-state index in [0.29, 0.717) is 14.9 Å². The topological polar surface area (TPSA) is 121 Å². The van der Waals surface area contributed by atoms with E-state index in [9.17, 15) is 14.9 Å². The Bertz CT molecular complexity index is 658. The third kappa shape index (κ3) is 3.97. The van der Waals surface area contributed by atoms with Crippen LogP contribution >= 0.6 is 24.0 Å². The maximum absolute atomic E-state index is 11.8. The quantitative estimate of drug-likeness (QED) is 0.369. The monoisotopic (exact) mass is 326 g/mol. The first-order valence-corrected chi connectivity index (χ1v) is 6.91. The zero-order valence-corrected chi connectivity index (χ0v) is 12.2. The summed E-state index contributed by atoms with van der Waals surface area (Å²) >= 11 is 5.08. The van der Waals surface area contributed by atoms with Gasteiger partial charge in [-0.1, -0.05) is 11.3 Å². The molecule has 8 nitrogen and oxygen atoms in total. The van der Waals surface area contributed by atoms with Gasteiger partial charge in [-0.05, 0) is 17.7 Å². The van der Waals surface area contributed by atoms with Crippen molar-refractivity contribution in [2.45, 2.75) is 17.0 Å². The lowest BCUT2D eigenvalue weighted by Crippen LogP contribution is -2.23. The second-order valence-corrected chi connectivity index (χ2v) is 5.67. The van der Waals surface area contributed by atoms with Gasteiger partial charge in [-0.2, -0.15) is 0 Å². The molecule has 2 aromatic rings. The van der Waals surface area contributed by atoms with E-state index >= 15 is 0 Å². The summed E-state index contributed by atoms with van der Waals surface area (Å²) in [5.41, 5.74) is 6.28. The molecule has 2 N–H and O–H groups in total. The van der Waals surface area contributed by atoms with Gasteiger partial charge in [0, 0.05) is 12.1 Å². The Morgan fingerprint density at radius 1 is 1.43 bits per heavy atom. The molecular formula is C11H10N4O4S2. The molecule has 1 unspecified atom stereocenters. The number of esters is 1. The van der Waals surface area contributed by atoms with Crippen LogP contribution in [0.25, 0.3) is 0 Å². The van der Waals surface area contributed by atoms with E-state index in [4.69, 9.17) is 10.5 Å². The van der Waals surface area contributed by atoms with Gasteiger partial charge in [0.15, 0.2) is 10.4 Å². The molecule has 0 bridgehead atoms. The van der Waals surface area contributed by atoms with Crippen molar-refractivity contribution >= 4 is 35.6 Å². The summed E-state index contributed by atoms with van der Waals surface area (Å²) in [5.74, 6) is -0.655. The molecule has 1 atom stereocenters. The molecule has 10 heteroatoms. The first-order chi connectivity index (χ1) is 9.97. The fraction of sp³-hybridized carbons (Fsp3) is 0.182. The Balaban J connectivity index is 1.93. The minimum absolute atomic E-state index is 0.0306. The molecule has 0 radical (unpaired) electrons. The van der Waals surface area contributed by atoms with Crippen LogP contribution in [0.4, 0.5) is 5.69 Å². The van der Waals surface area contributed by atoms with E-state index < -0.39 is 16.9 Å². The third-order valence-corrected chi connectivity index (χ3v) is 3.65. The van der Waals surface area contributed by atoms with E-state index in [-0.39, 0.29) is 12.3 Å². The molecule has 1 aromatic heterocycles. The van der Waals surface area contributed by atoms with Crippen LogP contribution in [0.15, 0.2) is 28.6 Å². The maximum atomic E-state index is 11.8. The second kappa shape index (κ2) is 6.61. The molecular weight excluding hydrogens is 316 g/mol. The number of benzene rings is 1. The van der Waals surface area contributed by atoms with E-state index in [2.05, 4.69) is 22.8 Å². The summed E-state index contributed by atoms with van der Waals surface area (Å²) < 4.78 is 5.44. The zero-order valence-electron chi connectivity index (χ0n) is 10.5. The number of non-ortho nitro benzene ring substituents is 1. The molecule has 0 aliphatic carbocycles. The molecule has 0 spiro atoms. The maximum Gasteiger partial charge on any atom is 0.330 e. The standard InChI is InChI=1S/C11H10N4O4S2/c12-8(9-13-14-11(20)21-9)10(16)19-5-6-1-3-7(4-2-6)15(17)18/h1-4,8H,5,12H2,(H,14,20). The lowest BCUT2D eigenvalue weighted by molar-refractivity contribution is -0.384. The van der Waals surface area contributed by atoms with Crippen LogP contribution in [0.5, 0.6) is 0 Å². The molecule has 0 saturated heterocycles. The van der Waals surface area contributed by atoms with Gasteiger partial charge in [0.2, 0.25) is 0 Å². The first kappa shape index (κ1) is 15.4. The molecule has 0 fully saturated rings. The third-order valence-electron chi connectivity index (χ3n) is 2.48. The zero-order chi connectivity index (χ0) is 15.4. The number of hydrogen-bond acceptors (Lipinski definition) is 9.